The Hall–Kier alpha value is 0.660. The van der Waals surface area contributed by atoms with Crippen LogP contribution in [0.15, 0.2) is 0 Å². The van der Waals surface area contributed by atoms with Crippen LogP contribution in [0.3, 0.4) is 0 Å². The number of hydrogen-bond donors (Lipinski definition) is 1. The van der Waals surface area contributed by atoms with E-state index in [1.54, 1.807) is 0 Å². The molecule has 0 saturated heterocycles. The van der Waals surface area contributed by atoms with Gasteiger partial charge in [0.05, 0.1) is 0 Å². The third kappa shape index (κ3) is 22.7. The van der Waals surface area contributed by atoms with Crippen molar-refractivity contribution in [1.29, 1.82) is 0 Å². The second-order valence-electron chi connectivity index (χ2n) is 6.51. The van der Waals surface area contributed by atoms with E-state index in [2.05, 4.69) is 42.7 Å². The van der Waals surface area contributed by atoms with Crippen molar-refractivity contribution in [2.75, 3.05) is 36.1 Å². The highest BCUT2D eigenvalue weighted by Crippen LogP contribution is 2.12. The number of unbranched alkanes of at least 4 members (excludes halogenated alkanes) is 10. The summed E-state index contributed by atoms with van der Waals surface area (Å²) in [4.78, 5) is 0. The second kappa shape index (κ2) is 22.7. The summed E-state index contributed by atoms with van der Waals surface area (Å²) in [5.41, 5.74) is 0. The number of nitrogens with one attached hydrogen (secondary N) is 1. The second-order valence-corrected chi connectivity index (χ2v) is 8.96. The summed E-state index contributed by atoms with van der Waals surface area (Å²) in [6, 6.07) is 0. The molecule has 0 aromatic heterocycles. The minimum atomic E-state index is 1.19. The quantitative estimate of drug-likeness (QED) is 0.240. The molecule has 0 saturated carbocycles. The van der Waals surface area contributed by atoms with Gasteiger partial charge in [-0.05, 0) is 24.3 Å². The molecule has 0 aliphatic carbocycles. The van der Waals surface area contributed by atoms with Gasteiger partial charge in [-0.15, -0.1) is 0 Å². The Morgan fingerprint density at radius 3 is 1.43 bits per heavy atom. The van der Waals surface area contributed by atoms with Crippen LogP contribution >= 0.6 is 23.5 Å². The van der Waals surface area contributed by atoms with E-state index in [-0.39, 0.29) is 0 Å². The van der Waals surface area contributed by atoms with Crippen LogP contribution < -0.4 is 5.32 Å². The van der Waals surface area contributed by atoms with E-state index in [0.29, 0.717) is 0 Å². The van der Waals surface area contributed by atoms with Gasteiger partial charge in [0.25, 0.3) is 0 Å². The fourth-order valence-electron chi connectivity index (χ4n) is 2.56. The van der Waals surface area contributed by atoms with Crippen LogP contribution in [0.25, 0.3) is 0 Å². The lowest BCUT2D eigenvalue weighted by Crippen LogP contribution is -2.20. The van der Waals surface area contributed by atoms with Crippen LogP contribution in [0.1, 0.15) is 90.9 Å². The van der Waals surface area contributed by atoms with Crippen LogP contribution in [0.4, 0.5) is 0 Å². The highest BCUT2D eigenvalue weighted by Gasteiger charge is 1.94. The van der Waals surface area contributed by atoms with Crippen molar-refractivity contribution >= 4 is 23.5 Å². The van der Waals surface area contributed by atoms with E-state index in [4.69, 9.17) is 0 Å². The molecule has 0 spiro atoms. The van der Waals surface area contributed by atoms with Crippen LogP contribution in [0.5, 0.6) is 0 Å². The van der Waals surface area contributed by atoms with Crippen LogP contribution in [-0.2, 0) is 0 Å². The molecule has 1 N–H and O–H groups in total. The third-order valence-corrected chi connectivity index (χ3v) is 6.27. The zero-order valence-electron chi connectivity index (χ0n) is 16.0. The molecule has 0 rings (SSSR count). The molecular weight excluding hydrogens is 318 g/mol. The Balaban J connectivity index is 2.92. The Morgan fingerprint density at radius 2 is 0.913 bits per heavy atom. The molecule has 0 aromatic rings. The molecule has 0 aliphatic heterocycles. The maximum atomic E-state index is 3.56. The van der Waals surface area contributed by atoms with Gasteiger partial charge in [0.2, 0.25) is 0 Å². The van der Waals surface area contributed by atoms with Crippen molar-refractivity contribution < 1.29 is 0 Å². The van der Waals surface area contributed by atoms with Gasteiger partial charge in [-0.3, -0.25) is 0 Å². The molecular formula is C20H43NS2. The summed E-state index contributed by atoms with van der Waals surface area (Å²) in [5, 5.41) is 3.56. The van der Waals surface area contributed by atoms with Gasteiger partial charge in [0.15, 0.2) is 0 Å². The summed E-state index contributed by atoms with van der Waals surface area (Å²) in [7, 11) is 0. The van der Waals surface area contributed by atoms with Gasteiger partial charge in [0, 0.05) is 24.6 Å². The molecule has 0 unspecified atom stereocenters. The van der Waals surface area contributed by atoms with Crippen LogP contribution in [-0.4, -0.2) is 36.1 Å². The van der Waals surface area contributed by atoms with Crippen molar-refractivity contribution in [3.05, 3.63) is 0 Å². The van der Waals surface area contributed by atoms with E-state index in [1.807, 2.05) is 0 Å². The monoisotopic (exact) mass is 361 g/mol. The highest BCUT2D eigenvalue weighted by molar-refractivity contribution is 7.99. The average molecular weight is 362 g/mol. The molecule has 0 atom stereocenters. The van der Waals surface area contributed by atoms with E-state index in [0.717, 1.165) is 0 Å². The first kappa shape index (κ1) is 23.7. The molecule has 0 amide bonds. The van der Waals surface area contributed by atoms with Gasteiger partial charge in [0.1, 0.15) is 0 Å². The van der Waals surface area contributed by atoms with Crippen molar-refractivity contribution in [3.8, 4) is 0 Å². The summed E-state index contributed by atoms with van der Waals surface area (Å²) in [6.07, 6.45) is 17.2. The molecule has 1 nitrogen and oxygen atoms in total. The fourth-order valence-corrected chi connectivity index (χ4v) is 4.44. The maximum absolute atomic E-state index is 3.56. The summed E-state index contributed by atoms with van der Waals surface area (Å²) < 4.78 is 0. The largest absolute Gasteiger partial charge is 0.315 e. The molecule has 0 heterocycles. The van der Waals surface area contributed by atoms with Gasteiger partial charge in [-0.25, -0.2) is 0 Å². The van der Waals surface area contributed by atoms with Gasteiger partial charge < -0.3 is 5.32 Å². The molecule has 0 fully saturated rings. The SMILES string of the molecule is CCCCCCCCCCCCSCCNCCSCCCC. The fraction of sp³-hybridized carbons (Fsp3) is 1.00. The Labute approximate surface area is 155 Å². The minimum absolute atomic E-state index is 1.19. The lowest BCUT2D eigenvalue weighted by Gasteiger charge is -2.05. The molecule has 3 heteroatoms. The van der Waals surface area contributed by atoms with Crippen molar-refractivity contribution in [2.45, 2.75) is 90.9 Å². The maximum Gasteiger partial charge on any atom is 0.00581 e. The van der Waals surface area contributed by atoms with Crippen molar-refractivity contribution in [1.82, 2.24) is 5.32 Å². The van der Waals surface area contributed by atoms with E-state index in [1.165, 1.54) is 113 Å². The van der Waals surface area contributed by atoms with E-state index >= 15 is 0 Å². The normalized spacial score (nSPS) is 11.2. The number of hydrogen-bond acceptors (Lipinski definition) is 3. The highest BCUT2D eigenvalue weighted by atomic mass is 32.2. The standard InChI is InChI=1S/C20H43NS2/c1-3-5-7-8-9-10-11-12-13-14-18-23-20-16-21-15-19-22-17-6-4-2/h21H,3-20H2,1-2H3. The molecule has 23 heavy (non-hydrogen) atoms. The zero-order valence-corrected chi connectivity index (χ0v) is 17.7. The summed E-state index contributed by atoms with van der Waals surface area (Å²) in [6.45, 7) is 6.94. The van der Waals surface area contributed by atoms with Gasteiger partial charge in [-0.2, -0.15) is 23.5 Å². The van der Waals surface area contributed by atoms with E-state index in [9.17, 15) is 0 Å². The van der Waals surface area contributed by atoms with Gasteiger partial charge >= 0.3 is 0 Å². The predicted molar refractivity (Wildman–Crippen MR) is 114 cm³/mol. The molecule has 0 aliphatic rings. The lowest BCUT2D eigenvalue weighted by molar-refractivity contribution is 0.563. The minimum Gasteiger partial charge on any atom is -0.315 e. The predicted octanol–water partition coefficient (Wildman–Crippen LogP) is 6.76. The Bertz CT molecular complexity index is 180. The summed E-state index contributed by atoms with van der Waals surface area (Å²) >= 11 is 4.23. The van der Waals surface area contributed by atoms with Crippen molar-refractivity contribution in [3.63, 3.8) is 0 Å². The first-order valence-electron chi connectivity index (χ1n) is 10.3. The molecule has 0 aromatic carbocycles. The van der Waals surface area contributed by atoms with Gasteiger partial charge in [-0.1, -0.05) is 78.1 Å². The first-order valence-corrected chi connectivity index (χ1v) is 12.6. The van der Waals surface area contributed by atoms with Crippen LogP contribution in [0.2, 0.25) is 0 Å². The Kier molecular flexibility index (Phi) is 23.3. The topological polar surface area (TPSA) is 12.0 Å². The third-order valence-electron chi connectivity index (χ3n) is 4.13. The zero-order chi connectivity index (χ0) is 16.8. The first-order chi connectivity index (χ1) is 11.4. The van der Waals surface area contributed by atoms with E-state index < -0.39 is 0 Å². The average Bonchev–Trinajstić information content (AvgIpc) is 2.57. The molecule has 0 bridgehead atoms. The number of thioether (sulfide) groups is 2. The Morgan fingerprint density at radius 1 is 0.478 bits per heavy atom. The smallest absolute Gasteiger partial charge is 0.00581 e. The van der Waals surface area contributed by atoms with Crippen LogP contribution in [0, 0.1) is 0 Å². The van der Waals surface area contributed by atoms with Crippen molar-refractivity contribution in [2.24, 2.45) is 0 Å². The lowest BCUT2D eigenvalue weighted by atomic mass is 10.1. The molecule has 0 radical (unpaired) electrons. The molecule has 140 valence electrons. The number of rotatable bonds is 20. The summed E-state index contributed by atoms with van der Waals surface area (Å²) in [5.74, 6) is 5.27.